The first-order valence-electron chi connectivity index (χ1n) is 8.31. The van der Waals surface area contributed by atoms with Crippen molar-refractivity contribution in [3.8, 4) is 0 Å². The number of carbonyl (C=O) groups is 2. The lowest BCUT2D eigenvalue weighted by molar-refractivity contribution is 0.0728. The summed E-state index contributed by atoms with van der Waals surface area (Å²) < 4.78 is 3.57. The van der Waals surface area contributed by atoms with Gasteiger partial charge in [-0.2, -0.15) is 5.10 Å². The van der Waals surface area contributed by atoms with E-state index in [1.165, 1.54) is 0 Å². The molecule has 7 heteroatoms. The molecule has 2 aliphatic rings. The fraction of sp³-hybridized carbons (Fsp3) is 0.471. The summed E-state index contributed by atoms with van der Waals surface area (Å²) >= 11 is 0. The van der Waals surface area contributed by atoms with Crippen molar-refractivity contribution < 1.29 is 9.59 Å². The van der Waals surface area contributed by atoms with Crippen molar-refractivity contribution in [2.75, 3.05) is 13.1 Å². The number of rotatable bonds is 2. The molecule has 0 saturated carbocycles. The highest BCUT2D eigenvalue weighted by atomic mass is 16.2. The van der Waals surface area contributed by atoms with E-state index in [-0.39, 0.29) is 11.8 Å². The second kappa shape index (κ2) is 5.51. The first-order valence-corrected chi connectivity index (χ1v) is 8.31. The normalized spacial score (nSPS) is 16.8. The van der Waals surface area contributed by atoms with Gasteiger partial charge in [-0.15, -0.1) is 0 Å². The van der Waals surface area contributed by atoms with E-state index in [0.717, 1.165) is 37.2 Å². The maximum absolute atomic E-state index is 12.7. The van der Waals surface area contributed by atoms with Crippen LogP contribution in [0.25, 0.3) is 0 Å². The number of nitrogens with zero attached hydrogens (tertiary/aromatic N) is 5. The molecule has 1 saturated heterocycles. The highest BCUT2D eigenvalue weighted by Crippen LogP contribution is 2.28. The first kappa shape index (κ1) is 15.0. The van der Waals surface area contributed by atoms with E-state index >= 15 is 0 Å². The molecular weight excluding hydrogens is 306 g/mol. The summed E-state index contributed by atoms with van der Waals surface area (Å²) in [6, 6.07) is 3.68. The number of hydrogen-bond acceptors (Lipinski definition) is 3. The maximum atomic E-state index is 12.7. The fourth-order valence-electron chi connectivity index (χ4n) is 3.62. The lowest BCUT2D eigenvalue weighted by Gasteiger charge is -2.17. The predicted molar refractivity (Wildman–Crippen MR) is 87.3 cm³/mol. The summed E-state index contributed by atoms with van der Waals surface area (Å²) in [6.45, 7) is 2.55. The Morgan fingerprint density at radius 2 is 1.79 bits per heavy atom. The monoisotopic (exact) mass is 327 g/mol. The van der Waals surface area contributed by atoms with Crippen LogP contribution < -0.4 is 0 Å². The van der Waals surface area contributed by atoms with Crippen molar-refractivity contribution in [3.05, 3.63) is 41.0 Å². The minimum atomic E-state index is -0.0155. The Balaban J connectivity index is 1.60. The zero-order valence-corrected chi connectivity index (χ0v) is 14.0. The van der Waals surface area contributed by atoms with Gasteiger partial charge in [0.2, 0.25) is 0 Å². The number of fused-ring (bicyclic) bond motifs is 1. The maximum Gasteiger partial charge on any atom is 0.274 e. The Hall–Kier alpha value is -2.57. The molecule has 0 aromatic carbocycles. The Kier molecular flexibility index (Phi) is 3.44. The molecule has 0 atom stereocenters. The van der Waals surface area contributed by atoms with Gasteiger partial charge in [0.25, 0.3) is 11.8 Å². The van der Waals surface area contributed by atoms with Crippen LogP contribution in [0.5, 0.6) is 0 Å². The van der Waals surface area contributed by atoms with Crippen LogP contribution in [0.2, 0.25) is 0 Å². The third-order valence-electron chi connectivity index (χ3n) is 5.01. The molecule has 2 aromatic heterocycles. The SMILES string of the molecule is Cn1cccc1C(=O)N1Cc2c(C(=O)N3CCCC3)nn(C)c2C1. The van der Waals surface area contributed by atoms with E-state index in [0.29, 0.717) is 24.5 Å². The molecule has 24 heavy (non-hydrogen) atoms. The van der Waals surface area contributed by atoms with Gasteiger partial charge in [0, 0.05) is 38.9 Å². The first-order chi connectivity index (χ1) is 11.6. The third-order valence-corrected chi connectivity index (χ3v) is 5.01. The van der Waals surface area contributed by atoms with Crippen LogP contribution in [0.3, 0.4) is 0 Å². The Morgan fingerprint density at radius 1 is 1.04 bits per heavy atom. The summed E-state index contributed by atoms with van der Waals surface area (Å²) in [6.07, 6.45) is 3.97. The molecule has 4 rings (SSSR count). The molecule has 0 aliphatic carbocycles. The van der Waals surface area contributed by atoms with Crippen LogP contribution >= 0.6 is 0 Å². The van der Waals surface area contributed by atoms with Crippen LogP contribution in [-0.2, 0) is 27.2 Å². The van der Waals surface area contributed by atoms with Gasteiger partial charge in [0.15, 0.2) is 5.69 Å². The minimum Gasteiger partial charge on any atom is -0.347 e. The largest absolute Gasteiger partial charge is 0.347 e. The zero-order chi connectivity index (χ0) is 16.8. The van der Waals surface area contributed by atoms with Crippen LogP contribution in [0.4, 0.5) is 0 Å². The standard InChI is InChI=1S/C17H21N5O2/c1-19-7-5-6-13(19)16(23)22-10-12-14(11-22)20(2)18-15(12)17(24)21-8-3-4-9-21/h5-7H,3-4,8-11H2,1-2H3. The Labute approximate surface area is 140 Å². The summed E-state index contributed by atoms with van der Waals surface area (Å²) in [5.41, 5.74) is 3.02. The number of aromatic nitrogens is 3. The van der Waals surface area contributed by atoms with Gasteiger partial charge >= 0.3 is 0 Å². The number of carbonyl (C=O) groups excluding carboxylic acids is 2. The van der Waals surface area contributed by atoms with Gasteiger partial charge in [0.05, 0.1) is 18.8 Å². The van der Waals surface area contributed by atoms with Crippen molar-refractivity contribution in [1.29, 1.82) is 0 Å². The summed E-state index contributed by atoms with van der Waals surface area (Å²) in [5, 5.41) is 4.43. The molecular formula is C17H21N5O2. The number of aryl methyl sites for hydroxylation is 2. The smallest absolute Gasteiger partial charge is 0.274 e. The van der Waals surface area contributed by atoms with Gasteiger partial charge in [-0.3, -0.25) is 14.3 Å². The molecule has 2 aliphatic heterocycles. The van der Waals surface area contributed by atoms with Crippen LogP contribution in [0.15, 0.2) is 18.3 Å². The Bertz CT molecular complexity index is 813. The summed E-state index contributed by atoms with van der Waals surface area (Å²) in [7, 11) is 3.70. The fourth-order valence-corrected chi connectivity index (χ4v) is 3.62. The van der Waals surface area contributed by atoms with Crippen molar-refractivity contribution >= 4 is 11.8 Å². The van der Waals surface area contributed by atoms with Gasteiger partial charge in [-0.1, -0.05) is 0 Å². The van der Waals surface area contributed by atoms with Crippen LogP contribution in [0, 0.1) is 0 Å². The molecule has 4 heterocycles. The second-order valence-corrected chi connectivity index (χ2v) is 6.56. The minimum absolute atomic E-state index is 0.00230. The number of likely N-dealkylation sites (tertiary alicyclic amines) is 1. The number of hydrogen-bond donors (Lipinski definition) is 0. The molecule has 0 spiro atoms. The van der Waals surface area contributed by atoms with Gasteiger partial charge in [0.1, 0.15) is 5.69 Å². The zero-order valence-electron chi connectivity index (χ0n) is 14.0. The van der Waals surface area contributed by atoms with Gasteiger partial charge < -0.3 is 14.4 Å². The predicted octanol–water partition coefficient (Wildman–Crippen LogP) is 1.15. The summed E-state index contributed by atoms with van der Waals surface area (Å²) in [5.74, 6) is -0.0178. The Morgan fingerprint density at radius 3 is 2.46 bits per heavy atom. The van der Waals surface area contributed by atoms with E-state index in [1.807, 2.05) is 41.9 Å². The average molecular weight is 327 g/mol. The van der Waals surface area contributed by atoms with Gasteiger partial charge in [-0.05, 0) is 25.0 Å². The van der Waals surface area contributed by atoms with Crippen molar-refractivity contribution in [1.82, 2.24) is 24.1 Å². The van der Waals surface area contributed by atoms with E-state index in [4.69, 9.17) is 0 Å². The highest BCUT2D eigenvalue weighted by molar-refractivity contribution is 5.96. The topological polar surface area (TPSA) is 63.4 Å². The van der Waals surface area contributed by atoms with Crippen molar-refractivity contribution in [3.63, 3.8) is 0 Å². The average Bonchev–Trinajstić information content (AvgIpc) is 3.32. The lowest BCUT2D eigenvalue weighted by atomic mass is 10.2. The molecule has 0 unspecified atom stereocenters. The van der Waals surface area contributed by atoms with E-state index < -0.39 is 0 Å². The van der Waals surface area contributed by atoms with E-state index in [2.05, 4.69) is 5.10 Å². The molecule has 2 amide bonds. The van der Waals surface area contributed by atoms with Crippen LogP contribution in [0.1, 0.15) is 45.1 Å². The summed E-state index contributed by atoms with van der Waals surface area (Å²) in [4.78, 5) is 29.1. The van der Waals surface area contributed by atoms with E-state index in [1.54, 1.807) is 9.58 Å². The second-order valence-electron chi connectivity index (χ2n) is 6.56. The van der Waals surface area contributed by atoms with E-state index in [9.17, 15) is 9.59 Å². The highest BCUT2D eigenvalue weighted by Gasteiger charge is 2.34. The molecule has 2 aromatic rings. The molecule has 0 N–H and O–H groups in total. The lowest BCUT2D eigenvalue weighted by Crippen LogP contribution is -2.31. The molecule has 126 valence electrons. The third kappa shape index (κ3) is 2.23. The van der Waals surface area contributed by atoms with Crippen LogP contribution in [-0.4, -0.2) is 49.1 Å². The number of amides is 2. The van der Waals surface area contributed by atoms with Crippen molar-refractivity contribution in [2.45, 2.75) is 25.9 Å². The molecule has 7 nitrogen and oxygen atoms in total. The van der Waals surface area contributed by atoms with Gasteiger partial charge in [-0.25, -0.2) is 0 Å². The quantitative estimate of drug-likeness (QED) is 0.831. The molecule has 0 radical (unpaired) electrons. The molecule has 0 bridgehead atoms. The molecule has 1 fully saturated rings. The van der Waals surface area contributed by atoms with Crippen molar-refractivity contribution in [2.24, 2.45) is 14.1 Å².